The van der Waals surface area contributed by atoms with Crippen LogP contribution in [0.1, 0.15) is 34.4 Å². The molecule has 0 fully saturated rings. The van der Waals surface area contributed by atoms with E-state index < -0.39 is 5.91 Å². The van der Waals surface area contributed by atoms with Gasteiger partial charge in [0.15, 0.2) is 12.3 Å². The van der Waals surface area contributed by atoms with E-state index in [0.717, 1.165) is 39.0 Å². The summed E-state index contributed by atoms with van der Waals surface area (Å²) in [5.74, 6) is 0.372. The van der Waals surface area contributed by atoms with E-state index in [2.05, 4.69) is 20.9 Å². The molecule has 9 heteroatoms. The maximum Gasteiger partial charge on any atom is 0.276 e. The van der Waals surface area contributed by atoms with Crippen molar-refractivity contribution in [3.05, 3.63) is 46.1 Å². The molecular formula is C23H29N5O4. The minimum Gasteiger partial charge on any atom is -0.484 e. The molecule has 3 aromatic rings. The molecule has 1 aromatic carbocycles. The predicted octanol–water partition coefficient (Wildman–Crippen LogP) is 2.37. The maximum absolute atomic E-state index is 12.3. The highest BCUT2D eigenvalue weighted by Crippen LogP contribution is 2.30. The molecule has 0 atom stereocenters. The Labute approximate surface area is 187 Å². The Morgan fingerprint density at radius 3 is 2.47 bits per heavy atom. The van der Waals surface area contributed by atoms with Gasteiger partial charge in [-0.2, -0.15) is 0 Å². The SMILES string of the molecule is COc1nn(C)c2nc(C)c(CCC(=O)NNC(=O)COc3ccc(C)c(C)c3)c(C)c12. The van der Waals surface area contributed by atoms with Crippen molar-refractivity contribution in [2.45, 2.75) is 40.5 Å². The molecule has 2 N–H and O–H groups in total. The van der Waals surface area contributed by atoms with Crippen LogP contribution in [0.5, 0.6) is 11.6 Å². The van der Waals surface area contributed by atoms with Crippen LogP contribution < -0.4 is 20.3 Å². The van der Waals surface area contributed by atoms with Crippen molar-refractivity contribution >= 4 is 22.8 Å². The molecule has 0 spiro atoms. The molecule has 170 valence electrons. The second-order valence-electron chi connectivity index (χ2n) is 7.76. The van der Waals surface area contributed by atoms with Crippen LogP contribution >= 0.6 is 0 Å². The number of ether oxygens (including phenoxy) is 2. The van der Waals surface area contributed by atoms with E-state index in [1.54, 1.807) is 17.9 Å². The summed E-state index contributed by atoms with van der Waals surface area (Å²) in [6.07, 6.45) is 0.662. The van der Waals surface area contributed by atoms with Crippen molar-refractivity contribution in [3.8, 4) is 11.6 Å². The second-order valence-corrected chi connectivity index (χ2v) is 7.76. The van der Waals surface area contributed by atoms with Crippen LogP contribution in [0.15, 0.2) is 18.2 Å². The molecule has 0 aliphatic heterocycles. The Morgan fingerprint density at radius 2 is 1.78 bits per heavy atom. The average molecular weight is 440 g/mol. The lowest BCUT2D eigenvalue weighted by Crippen LogP contribution is -2.43. The third kappa shape index (κ3) is 4.99. The zero-order chi connectivity index (χ0) is 23.4. The van der Waals surface area contributed by atoms with Crippen LogP contribution in [0.3, 0.4) is 0 Å². The monoisotopic (exact) mass is 439 g/mol. The number of hydrazine groups is 1. The van der Waals surface area contributed by atoms with E-state index in [1.807, 2.05) is 46.9 Å². The number of nitrogens with zero attached hydrogens (tertiary/aromatic N) is 3. The van der Waals surface area contributed by atoms with E-state index in [-0.39, 0.29) is 18.9 Å². The first kappa shape index (κ1) is 23.1. The van der Waals surface area contributed by atoms with Crippen LogP contribution in [-0.4, -0.2) is 40.3 Å². The fourth-order valence-corrected chi connectivity index (χ4v) is 3.54. The molecule has 3 rings (SSSR count). The summed E-state index contributed by atoms with van der Waals surface area (Å²) in [6, 6.07) is 5.61. The number of pyridine rings is 1. The van der Waals surface area contributed by atoms with Gasteiger partial charge in [-0.15, -0.1) is 5.10 Å². The van der Waals surface area contributed by atoms with Crippen LogP contribution in [0, 0.1) is 27.7 Å². The summed E-state index contributed by atoms with van der Waals surface area (Å²) in [6.45, 7) is 7.67. The van der Waals surface area contributed by atoms with Gasteiger partial charge in [-0.25, -0.2) is 9.67 Å². The topological polar surface area (TPSA) is 107 Å². The van der Waals surface area contributed by atoms with E-state index in [4.69, 9.17) is 9.47 Å². The summed E-state index contributed by atoms with van der Waals surface area (Å²) < 4.78 is 12.5. The van der Waals surface area contributed by atoms with Crippen molar-refractivity contribution in [3.63, 3.8) is 0 Å². The number of carbonyl (C=O) groups is 2. The Morgan fingerprint density at radius 1 is 1.06 bits per heavy atom. The van der Waals surface area contributed by atoms with Crippen molar-refractivity contribution in [1.82, 2.24) is 25.6 Å². The Hall–Kier alpha value is -3.62. The van der Waals surface area contributed by atoms with Gasteiger partial charge in [-0.3, -0.25) is 20.4 Å². The van der Waals surface area contributed by atoms with Crippen molar-refractivity contribution < 1.29 is 19.1 Å². The first-order chi connectivity index (χ1) is 15.2. The standard InChI is InChI=1S/C23H29N5O4/c1-13-7-8-17(11-14(13)2)32-12-20(30)26-25-19(29)10-9-18-15(3)21-22(24-16(18)4)28(5)27-23(21)31-6/h7-8,11H,9-10,12H2,1-6H3,(H,25,29)(H,26,30). The molecule has 9 nitrogen and oxygen atoms in total. The fourth-order valence-electron chi connectivity index (χ4n) is 3.54. The van der Waals surface area contributed by atoms with E-state index in [1.165, 1.54) is 0 Å². The molecule has 0 bridgehead atoms. The Kier molecular flexibility index (Phi) is 6.97. The normalized spacial score (nSPS) is 10.8. The number of carbonyl (C=O) groups excluding carboxylic acids is 2. The molecular weight excluding hydrogens is 410 g/mol. The van der Waals surface area contributed by atoms with Gasteiger partial charge in [0, 0.05) is 19.2 Å². The molecule has 0 unspecified atom stereocenters. The summed E-state index contributed by atoms with van der Waals surface area (Å²) in [4.78, 5) is 28.9. The van der Waals surface area contributed by atoms with Crippen LogP contribution in [0.4, 0.5) is 0 Å². The van der Waals surface area contributed by atoms with Gasteiger partial charge in [0.05, 0.1) is 12.5 Å². The number of aromatic nitrogens is 3. The quantitative estimate of drug-likeness (QED) is 0.548. The first-order valence-electron chi connectivity index (χ1n) is 10.4. The fraction of sp³-hybridized carbons (Fsp3) is 0.391. The van der Waals surface area contributed by atoms with E-state index >= 15 is 0 Å². The molecule has 0 aliphatic rings. The van der Waals surface area contributed by atoms with Gasteiger partial charge >= 0.3 is 0 Å². The number of hydrogen-bond acceptors (Lipinski definition) is 6. The highest BCUT2D eigenvalue weighted by molar-refractivity contribution is 5.87. The van der Waals surface area contributed by atoms with Gasteiger partial charge in [-0.05, 0) is 68.5 Å². The number of aryl methyl sites for hydroxylation is 5. The average Bonchev–Trinajstić information content (AvgIpc) is 3.08. The third-order valence-corrected chi connectivity index (χ3v) is 5.51. The number of rotatable bonds is 7. The third-order valence-electron chi connectivity index (χ3n) is 5.51. The molecule has 2 amide bonds. The minimum absolute atomic E-state index is 0.190. The van der Waals surface area contributed by atoms with Gasteiger partial charge < -0.3 is 9.47 Å². The lowest BCUT2D eigenvalue weighted by molar-refractivity contribution is -0.130. The Bertz CT molecular complexity index is 1170. The molecule has 32 heavy (non-hydrogen) atoms. The number of benzene rings is 1. The molecule has 0 radical (unpaired) electrons. The minimum atomic E-state index is -0.438. The summed E-state index contributed by atoms with van der Waals surface area (Å²) in [5, 5.41) is 5.18. The number of fused-ring (bicyclic) bond motifs is 1. The molecule has 0 saturated heterocycles. The number of nitrogens with one attached hydrogen (secondary N) is 2. The summed E-state index contributed by atoms with van der Waals surface area (Å²) in [5.41, 5.74) is 10.6. The summed E-state index contributed by atoms with van der Waals surface area (Å²) >= 11 is 0. The Balaban J connectivity index is 1.54. The number of amides is 2. The molecule has 0 saturated carbocycles. The van der Waals surface area contributed by atoms with Crippen molar-refractivity contribution in [2.24, 2.45) is 7.05 Å². The highest BCUT2D eigenvalue weighted by Gasteiger charge is 2.18. The van der Waals surface area contributed by atoms with E-state index in [9.17, 15) is 9.59 Å². The maximum atomic E-state index is 12.3. The second kappa shape index (κ2) is 9.67. The largest absolute Gasteiger partial charge is 0.484 e. The first-order valence-corrected chi connectivity index (χ1v) is 10.4. The highest BCUT2D eigenvalue weighted by atomic mass is 16.5. The van der Waals surface area contributed by atoms with Crippen LogP contribution in [-0.2, 0) is 23.1 Å². The van der Waals surface area contributed by atoms with Gasteiger partial charge in [-0.1, -0.05) is 6.07 Å². The lowest BCUT2D eigenvalue weighted by atomic mass is 10.00. The van der Waals surface area contributed by atoms with Crippen molar-refractivity contribution in [1.29, 1.82) is 0 Å². The number of hydrogen-bond donors (Lipinski definition) is 2. The molecule has 0 aliphatic carbocycles. The van der Waals surface area contributed by atoms with Crippen LogP contribution in [0.25, 0.3) is 11.0 Å². The van der Waals surface area contributed by atoms with Crippen molar-refractivity contribution in [2.75, 3.05) is 13.7 Å². The van der Waals surface area contributed by atoms with Crippen LogP contribution in [0.2, 0.25) is 0 Å². The van der Waals surface area contributed by atoms with E-state index in [0.29, 0.717) is 18.1 Å². The molecule has 2 heterocycles. The summed E-state index contributed by atoms with van der Waals surface area (Å²) in [7, 11) is 3.39. The zero-order valence-electron chi connectivity index (χ0n) is 19.3. The van der Waals surface area contributed by atoms with Gasteiger partial charge in [0.1, 0.15) is 5.75 Å². The smallest absolute Gasteiger partial charge is 0.276 e. The lowest BCUT2D eigenvalue weighted by Gasteiger charge is -2.12. The zero-order valence-corrected chi connectivity index (χ0v) is 19.3. The number of methoxy groups -OCH3 is 1. The molecule has 2 aromatic heterocycles. The predicted molar refractivity (Wildman–Crippen MR) is 121 cm³/mol. The van der Waals surface area contributed by atoms with Gasteiger partial charge in [0.25, 0.3) is 5.91 Å². The van der Waals surface area contributed by atoms with Gasteiger partial charge in [0.2, 0.25) is 11.8 Å².